The van der Waals surface area contributed by atoms with Crippen LogP contribution in [0.2, 0.25) is 0 Å². The molecule has 0 radical (unpaired) electrons. The van der Waals surface area contributed by atoms with Crippen LogP contribution in [0.15, 0.2) is 0 Å². The first-order valence-corrected chi connectivity index (χ1v) is 8.25. The van der Waals surface area contributed by atoms with E-state index in [1.807, 2.05) is 27.7 Å². The van der Waals surface area contributed by atoms with Crippen LogP contribution in [-0.2, 0) is 14.1 Å². The molecule has 0 rings (SSSR count). The molecule has 2 atom stereocenters. The number of carbonyl (C=O) groups is 1. The lowest BCUT2D eigenvalue weighted by atomic mass is 9.61. The van der Waals surface area contributed by atoms with Crippen LogP contribution in [0, 0.1) is 16.2 Å². The second kappa shape index (κ2) is 6.41. The van der Waals surface area contributed by atoms with Crippen LogP contribution < -0.4 is 0 Å². The van der Waals surface area contributed by atoms with E-state index < -0.39 is 13.4 Å². The highest BCUT2D eigenvalue weighted by atomic mass is 31.1. The lowest BCUT2D eigenvalue weighted by Crippen LogP contribution is -2.44. The van der Waals surface area contributed by atoms with Gasteiger partial charge in [0.15, 0.2) is 8.03 Å². The van der Waals surface area contributed by atoms with Crippen LogP contribution in [0.3, 0.4) is 0 Å². The summed E-state index contributed by atoms with van der Waals surface area (Å²) in [6.45, 7) is 14.3. The molecular weight excluding hydrogens is 263 g/mol. The van der Waals surface area contributed by atoms with Crippen molar-refractivity contribution < 1.29 is 19.0 Å². The first-order valence-electron chi connectivity index (χ1n) is 6.69. The minimum absolute atomic E-state index is 0.00547. The van der Waals surface area contributed by atoms with E-state index in [1.165, 1.54) is 0 Å². The Balaban J connectivity index is 4.95. The number of esters is 1. The van der Waals surface area contributed by atoms with Crippen molar-refractivity contribution in [3.8, 4) is 0 Å². The highest BCUT2D eigenvalue weighted by Gasteiger charge is 2.47. The number of rotatable bonds is 5. The molecule has 0 aromatic rings. The van der Waals surface area contributed by atoms with E-state index in [2.05, 4.69) is 20.8 Å². The number of hydrogen-bond donors (Lipinski definition) is 1. The molecule has 0 fully saturated rings. The summed E-state index contributed by atoms with van der Waals surface area (Å²) in [6.07, 6.45) is 0.739. The molecule has 0 saturated heterocycles. The van der Waals surface area contributed by atoms with Crippen LogP contribution in [0.1, 0.15) is 54.9 Å². The monoisotopic (exact) mass is 292 g/mol. The summed E-state index contributed by atoms with van der Waals surface area (Å²) in [5.41, 5.74) is -0.843. The smallest absolute Gasteiger partial charge is 0.312 e. The molecule has 0 spiro atoms. The van der Waals surface area contributed by atoms with E-state index in [0.717, 1.165) is 0 Å². The fourth-order valence-corrected chi connectivity index (χ4v) is 2.37. The Labute approximate surface area is 117 Å². The van der Waals surface area contributed by atoms with Crippen molar-refractivity contribution in [2.45, 2.75) is 54.9 Å². The summed E-state index contributed by atoms with van der Waals surface area (Å²) in [4.78, 5) is 21.1. The van der Waals surface area contributed by atoms with E-state index in [0.29, 0.717) is 6.42 Å². The number of carbonyl (C=O) groups excluding carboxylic acids is 1. The third kappa shape index (κ3) is 6.09. The van der Waals surface area contributed by atoms with Gasteiger partial charge in [-0.2, -0.15) is 0 Å². The summed E-state index contributed by atoms with van der Waals surface area (Å²) in [5, 5.41) is 0. The fraction of sp³-hybridized carbons (Fsp3) is 0.929. The molecule has 0 aromatic heterocycles. The highest BCUT2D eigenvalue weighted by molar-refractivity contribution is 7.38. The Hall–Kier alpha value is -0.340. The van der Waals surface area contributed by atoms with Crippen molar-refractivity contribution in [1.82, 2.24) is 0 Å². The second-order valence-electron chi connectivity index (χ2n) is 7.60. The summed E-state index contributed by atoms with van der Waals surface area (Å²) in [5.74, 6) is -0.279. The van der Waals surface area contributed by atoms with Crippen molar-refractivity contribution >= 4 is 14.0 Å². The molecule has 4 nitrogen and oxygen atoms in total. The minimum Gasteiger partial charge on any atom is -0.465 e. The Morgan fingerprint density at radius 3 is 1.89 bits per heavy atom. The van der Waals surface area contributed by atoms with E-state index in [1.54, 1.807) is 0 Å². The molecule has 19 heavy (non-hydrogen) atoms. The third-order valence-corrected chi connectivity index (χ3v) is 4.17. The number of ether oxygens (including phenoxy) is 1. The van der Waals surface area contributed by atoms with E-state index in [4.69, 9.17) is 9.63 Å². The van der Waals surface area contributed by atoms with Gasteiger partial charge in [0, 0.05) is 0 Å². The Bertz CT molecular complexity index is 338. The quantitative estimate of drug-likeness (QED) is 0.622. The van der Waals surface area contributed by atoms with Gasteiger partial charge < -0.3 is 9.63 Å². The van der Waals surface area contributed by atoms with Gasteiger partial charge in [0.25, 0.3) is 0 Å². The van der Waals surface area contributed by atoms with Gasteiger partial charge in [-0.25, -0.2) is 0 Å². The second-order valence-corrected chi connectivity index (χ2v) is 8.89. The average molecular weight is 292 g/mol. The van der Waals surface area contributed by atoms with Crippen molar-refractivity contribution in [2.75, 3.05) is 12.8 Å². The summed E-state index contributed by atoms with van der Waals surface area (Å²) in [6, 6.07) is 0. The third-order valence-electron chi connectivity index (χ3n) is 3.54. The normalized spacial score (nSPS) is 17.7. The van der Waals surface area contributed by atoms with E-state index in [9.17, 15) is 9.36 Å². The average Bonchev–Trinajstić information content (AvgIpc) is 2.12. The summed E-state index contributed by atoms with van der Waals surface area (Å²) >= 11 is 0. The standard InChI is InChI=1S/C14H29O4P/c1-12(2,3)10-14(7,13(4,5)6)11(15)18-8-9-19(16)17/h19H,8-10H2,1-7H3,(H,16,17). The topological polar surface area (TPSA) is 63.6 Å². The SMILES string of the molecule is CC(C)(C)CC(C)(C(=O)OCC[PH](=O)O)C(C)(C)C. The van der Waals surface area contributed by atoms with Gasteiger partial charge in [-0.15, -0.1) is 0 Å². The van der Waals surface area contributed by atoms with Crippen LogP contribution in [-0.4, -0.2) is 23.6 Å². The molecular formula is C14H29O4P. The largest absolute Gasteiger partial charge is 0.465 e. The zero-order valence-corrected chi connectivity index (χ0v) is 14.3. The molecule has 0 aromatic carbocycles. The van der Waals surface area contributed by atoms with Gasteiger partial charge in [-0.3, -0.25) is 9.36 Å². The van der Waals surface area contributed by atoms with Crippen molar-refractivity contribution in [1.29, 1.82) is 0 Å². The van der Waals surface area contributed by atoms with Gasteiger partial charge in [0.2, 0.25) is 0 Å². The van der Waals surface area contributed by atoms with Gasteiger partial charge >= 0.3 is 5.97 Å². The molecule has 0 heterocycles. The molecule has 0 aliphatic rings. The molecule has 0 amide bonds. The first kappa shape index (κ1) is 18.7. The van der Waals surface area contributed by atoms with Crippen LogP contribution in [0.5, 0.6) is 0 Å². The van der Waals surface area contributed by atoms with Crippen LogP contribution in [0.25, 0.3) is 0 Å². The molecule has 2 unspecified atom stereocenters. The molecule has 0 aliphatic heterocycles. The Morgan fingerprint density at radius 1 is 1.11 bits per heavy atom. The maximum absolute atomic E-state index is 12.4. The molecule has 1 N–H and O–H groups in total. The minimum atomic E-state index is -2.57. The van der Waals surface area contributed by atoms with Crippen molar-refractivity contribution in [3.63, 3.8) is 0 Å². The van der Waals surface area contributed by atoms with Gasteiger partial charge in [0.05, 0.1) is 11.6 Å². The lowest BCUT2D eigenvalue weighted by molar-refractivity contribution is -0.164. The maximum atomic E-state index is 12.4. The molecule has 0 saturated carbocycles. The molecule has 5 heteroatoms. The highest BCUT2D eigenvalue weighted by Crippen LogP contribution is 2.47. The maximum Gasteiger partial charge on any atom is 0.312 e. The predicted octanol–water partition coefficient (Wildman–Crippen LogP) is 3.49. The first-order chi connectivity index (χ1) is 8.29. The Kier molecular flexibility index (Phi) is 6.29. The summed E-state index contributed by atoms with van der Waals surface area (Å²) in [7, 11) is -2.57. The van der Waals surface area contributed by atoms with Crippen LogP contribution in [0.4, 0.5) is 0 Å². The van der Waals surface area contributed by atoms with E-state index in [-0.39, 0.29) is 29.6 Å². The molecule has 114 valence electrons. The zero-order valence-electron chi connectivity index (χ0n) is 13.3. The molecule has 0 bridgehead atoms. The van der Waals surface area contributed by atoms with Gasteiger partial charge in [0.1, 0.15) is 6.61 Å². The fourth-order valence-electron chi connectivity index (χ4n) is 2.09. The Morgan fingerprint density at radius 2 is 1.58 bits per heavy atom. The van der Waals surface area contributed by atoms with Crippen LogP contribution >= 0.6 is 8.03 Å². The lowest BCUT2D eigenvalue weighted by Gasteiger charge is -2.43. The van der Waals surface area contributed by atoms with Crippen molar-refractivity contribution in [2.24, 2.45) is 16.2 Å². The summed E-state index contributed by atoms with van der Waals surface area (Å²) < 4.78 is 15.9. The van der Waals surface area contributed by atoms with Crippen molar-refractivity contribution in [3.05, 3.63) is 0 Å². The van der Waals surface area contributed by atoms with Gasteiger partial charge in [-0.05, 0) is 24.2 Å². The molecule has 0 aliphatic carbocycles. The van der Waals surface area contributed by atoms with E-state index >= 15 is 0 Å². The zero-order chi connectivity index (χ0) is 15.5. The predicted molar refractivity (Wildman–Crippen MR) is 78.7 cm³/mol. The van der Waals surface area contributed by atoms with Gasteiger partial charge in [-0.1, -0.05) is 41.5 Å². The number of hydrogen-bond acceptors (Lipinski definition) is 3.